The van der Waals surface area contributed by atoms with Gasteiger partial charge in [-0.15, -0.1) is 0 Å². The van der Waals surface area contributed by atoms with E-state index in [0.717, 1.165) is 11.3 Å². The average Bonchev–Trinajstić information content (AvgIpc) is 3.16. The quantitative estimate of drug-likeness (QED) is 0.534. The maximum atomic E-state index is 12.1. The Labute approximate surface area is 150 Å². The summed E-state index contributed by atoms with van der Waals surface area (Å²) in [4.78, 5) is 16.0. The molecule has 3 aromatic rings. The summed E-state index contributed by atoms with van der Waals surface area (Å²) in [5, 5.41) is 4.00. The first-order valence-electron chi connectivity index (χ1n) is 7.62. The number of anilines is 1. The van der Waals surface area contributed by atoms with Gasteiger partial charge in [0.2, 0.25) is 0 Å². The fourth-order valence-corrected chi connectivity index (χ4v) is 2.41. The van der Waals surface area contributed by atoms with Crippen molar-refractivity contribution in [2.24, 2.45) is 10.7 Å². The molecule has 3 rings (SSSR count). The van der Waals surface area contributed by atoms with Gasteiger partial charge in [-0.2, -0.15) is 4.99 Å². The van der Waals surface area contributed by atoms with Crippen LogP contribution in [0.3, 0.4) is 0 Å². The van der Waals surface area contributed by atoms with Crippen LogP contribution in [0.5, 0.6) is 0 Å². The Morgan fingerprint density at radius 3 is 2.60 bits per heavy atom. The van der Waals surface area contributed by atoms with Gasteiger partial charge in [0.25, 0.3) is 5.91 Å². The topological polar surface area (TPSA) is 80.6 Å². The van der Waals surface area contributed by atoms with E-state index in [1.54, 1.807) is 6.07 Å². The van der Waals surface area contributed by atoms with E-state index >= 15 is 0 Å². The number of furan rings is 1. The first kappa shape index (κ1) is 16.8. The van der Waals surface area contributed by atoms with E-state index in [0.29, 0.717) is 22.7 Å². The monoisotopic (exact) mass is 353 g/mol. The molecule has 0 spiro atoms. The van der Waals surface area contributed by atoms with Crippen LogP contribution in [0.4, 0.5) is 5.69 Å². The van der Waals surface area contributed by atoms with Crippen molar-refractivity contribution in [3.8, 4) is 0 Å². The van der Waals surface area contributed by atoms with Crippen molar-refractivity contribution in [2.45, 2.75) is 6.54 Å². The number of hydrogen-bond donors (Lipinski definition) is 2. The fourth-order valence-electron chi connectivity index (χ4n) is 2.28. The van der Waals surface area contributed by atoms with Gasteiger partial charge >= 0.3 is 0 Å². The lowest BCUT2D eigenvalue weighted by Gasteiger charge is -2.11. The largest absolute Gasteiger partial charge is 0.472 e. The van der Waals surface area contributed by atoms with Gasteiger partial charge < -0.3 is 15.5 Å². The summed E-state index contributed by atoms with van der Waals surface area (Å²) in [7, 11) is 0. The number of halogens is 1. The predicted octanol–water partition coefficient (Wildman–Crippen LogP) is 4.09. The van der Waals surface area contributed by atoms with Crippen LogP contribution in [0.15, 0.2) is 76.5 Å². The number of carbonyl (C=O) groups excluding carboxylic acids is 1. The predicted molar refractivity (Wildman–Crippen MR) is 99.0 cm³/mol. The molecule has 0 saturated carbocycles. The summed E-state index contributed by atoms with van der Waals surface area (Å²) in [6.07, 6.45) is 2.75. The molecule has 0 aliphatic carbocycles. The summed E-state index contributed by atoms with van der Waals surface area (Å²) < 4.78 is 4.89. The number of nitrogens with zero attached hydrogens (tertiary/aromatic N) is 1. The lowest BCUT2D eigenvalue weighted by atomic mass is 10.1. The van der Waals surface area contributed by atoms with Gasteiger partial charge in [-0.25, -0.2) is 0 Å². The van der Waals surface area contributed by atoms with Crippen LogP contribution < -0.4 is 11.1 Å². The molecular weight excluding hydrogens is 338 g/mol. The van der Waals surface area contributed by atoms with Gasteiger partial charge in [-0.05, 0) is 35.9 Å². The first-order chi connectivity index (χ1) is 12.1. The minimum absolute atomic E-state index is 0.144. The molecule has 1 amide bonds. The van der Waals surface area contributed by atoms with Crippen molar-refractivity contribution in [2.75, 3.05) is 5.32 Å². The summed E-state index contributed by atoms with van der Waals surface area (Å²) in [6, 6.07) is 16.5. The first-order valence-corrected chi connectivity index (χ1v) is 7.99. The number of para-hydroxylation sites is 1. The average molecular weight is 354 g/mol. The Kier molecular flexibility index (Phi) is 5.16. The molecule has 1 heterocycles. The number of nitrogens with two attached hydrogens (primary N) is 1. The Morgan fingerprint density at radius 1 is 1.12 bits per heavy atom. The maximum Gasteiger partial charge on any atom is 0.282 e. The van der Waals surface area contributed by atoms with Crippen LogP contribution in [0.25, 0.3) is 0 Å². The van der Waals surface area contributed by atoms with Crippen molar-refractivity contribution in [3.05, 3.63) is 88.8 Å². The zero-order valence-electron chi connectivity index (χ0n) is 13.3. The van der Waals surface area contributed by atoms with Crippen LogP contribution in [0.2, 0.25) is 5.02 Å². The van der Waals surface area contributed by atoms with E-state index in [9.17, 15) is 4.79 Å². The van der Waals surface area contributed by atoms with Gasteiger partial charge in [-0.3, -0.25) is 4.79 Å². The zero-order valence-corrected chi connectivity index (χ0v) is 14.0. The van der Waals surface area contributed by atoms with Gasteiger partial charge in [0, 0.05) is 22.8 Å². The molecule has 0 aliphatic heterocycles. The molecule has 0 atom stereocenters. The van der Waals surface area contributed by atoms with Gasteiger partial charge in [0.15, 0.2) is 0 Å². The van der Waals surface area contributed by atoms with Crippen molar-refractivity contribution in [1.82, 2.24) is 0 Å². The Hall–Kier alpha value is -3.05. The SMILES string of the molecule is NC(=NC(=O)c1ccoc1)c1ccccc1NCc1ccc(Cl)cc1. The van der Waals surface area contributed by atoms with Crippen LogP contribution >= 0.6 is 11.6 Å². The normalized spacial score (nSPS) is 11.3. The van der Waals surface area contributed by atoms with Crippen molar-refractivity contribution >= 4 is 29.0 Å². The number of benzene rings is 2. The van der Waals surface area contributed by atoms with Crippen molar-refractivity contribution in [3.63, 3.8) is 0 Å². The molecule has 0 bridgehead atoms. The second-order valence-corrected chi connectivity index (χ2v) is 5.78. The third kappa shape index (κ3) is 4.28. The van der Waals surface area contributed by atoms with E-state index in [-0.39, 0.29) is 5.84 Å². The molecule has 6 heteroatoms. The molecule has 0 radical (unpaired) electrons. The summed E-state index contributed by atoms with van der Waals surface area (Å²) in [5.41, 5.74) is 8.91. The molecule has 5 nitrogen and oxygen atoms in total. The second kappa shape index (κ2) is 7.68. The number of aliphatic imine (C=N–C) groups is 1. The summed E-state index contributed by atoms with van der Waals surface area (Å²) >= 11 is 5.90. The van der Waals surface area contributed by atoms with Gasteiger partial charge in [-0.1, -0.05) is 35.9 Å². The number of amidine groups is 1. The minimum Gasteiger partial charge on any atom is -0.472 e. The Balaban J connectivity index is 1.78. The molecule has 126 valence electrons. The number of nitrogens with one attached hydrogen (secondary N) is 1. The van der Waals surface area contributed by atoms with Crippen molar-refractivity contribution in [1.29, 1.82) is 0 Å². The molecule has 0 fully saturated rings. The Morgan fingerprint density at radius 2 is 1.88 bits per heavy atom. The smallest absolute Gasteiger partial charge is 0.282 e. The molecule has 0 aliphatic rings. The highest BCUT2D eigenvalue weighted by Gasteiger charge is 2.10. The number of hydrogen-bond acceptors (Lipinski definition) is 3. The zero-order chi connectivity index (χ0) is 17.6. The lowest BCUT2D eigenvalue weighted by molar-refractivity contribution is 0.100. The highest BCUT2D eigenvalue weighted by atomic mass is 35.5. The van der Waals surface area contributed by atoms with E-state index in [4.69, 9.17) is 21.8 Å². The molecule has 2 aromatic carbocycles. The molecule has 3 N–H and O–H groups in total. The van der Waals surface area contributed by atoms with Crippen LogP contribution in [0.1, 0.15) is 21.5 Å². The van der Waals surface area contributed by atoms with Crippen LogP contribution in [-0.4, -0.2) is 11.7 Å². The third-order valence-corrected chi connectivity index (χ3v) is 3.84. The molecular formula is C19H16ClN3O2. The second-order valence-electron chi connectivity index (χ2n) is 5.34. The van der Waals surface area contributed by atoms with Gasteiger partial charge in [0.1, 0.15) is 12.1 Å². The third-order valence-electron chi connectivity index (χ3n) is 3.59. The van der Waals surface area contributed by atoms with E-state index < -0.39 is 5.91 Å². The fraction of sp³-hybridized carbons (Fsp3) is 0.0526. The van der Waals surface area contributed by atoms with E-state index in [1.165, 1.54) is 12.5 Å². The summed E-state index contributed by atoms with van der Waals surface area (Å²) in [5.74, 6) is -0.302. The number of amides is 1. The molecule has 25 heavy (non-hydrogen) atoms. The van der Waals surface area contributed by atoms with Crippen LogP contribution in [-0.2, 0) is 6.54 Å². The standard InChI is InChI=1S/C19H16ClN3O2/c20-15-7-5-13(6-8-15)11-22-17-4-2-1-3-16(17)18(21)23-19(24)14-9-10-25-12-14/h1-10,12,22H,11H2,(H2,21,23,24). The van der Waals surface area contributed by atoms with Gasteiger partial charge in [0.05, 0.1) is 11.8 Å². The highest BCUT2D eigenvalue weighted by molar-refractivity contribution is 6.30. The van der Waals surface area contributed by atoms with E-state index in [1.807, 2.05) is 48.5 Å². The molecule has 1 aromatic heterocycles. The number of rotatable bonds is 5. The van der Waals surface area contributed by atoms with Crippen molar-refractivity contribution < 1.29 is 9.21 Å². The Bertz CT molecular complexity index is 887. The minimum atomic E-state index is -0.446. The highest BCUT2D eigenvalue weighted by Crippen LogP contribution is 2.17. The molecule has 0 unspecified atom stereocenters. The maximum absolute atomic E-state index is 12.1. The summed E-state index contributed by atoms with van der Waals surface area (Å²) in [6.45, 7) is 0.594. The van der Waals surface area contributed by atoms with E-state index in [2.05, 4.69) is 10.3 Å². The van der Waals surface area contributed by atoms with Crippen LogP contribution in [0, 0.1) is 0 Å². The molecule has 0 saturated heterocycles. The number of carbonyl (C=O) groups is 1. The lowest BCUT2D eigenvalue weighted by Crippen LogP contribution is -2.18.